The van der Waals surface area contributed by atoms with Crippen molar-refractivity contribution in [2.45, 2.75) is 43.3 Å². The summed E-state index contributed by atoms with van der Waals surface area (Å²) < 4.78 is 3.36. The maximum absolute atomic E-state index is 11.1. The molecule has 0 amide bonds. The zero-order valence-corrected chi connectivity index (χ0v) is 13.1. The monoisotopic (exact) mass is 323 g/mol. The number of ether oxygens (including phenoxy) is 1. The van der Waals surface area contributed by atoms with Crippen LogP contribution in [-0.2, 0) is 4.74 Å². The van der Waals surface area contributed by atoms with Gasteiger partial charge in [0.15, 0.2) is 0 Å². The first-order chi connectivity index (χ1) is 9.32. The van der Waals surface area contributed by atoms with E-state index in [4.69, 9.17) is 27.9 Å². The van der Waals surface area contributed by atoms with Crippen LogP contribution in [-0.4, -0.2) is 52.0 Å². The van der Waals surface area contributed by atoms with Gasteiger partial charge in [0.25, 0.3) is 0 Å². The molecule has 0 saturated carbocycles. The molecule has 0 spiro atoms. The van der Waals surface area contributed by atoms with Gasteiger partial charge < -0.3 is 9.64 Å². The molecule has 3 atom stereocenters. The van der Waals surface area contributed by atoms with Crippen molar-refractivity contribution in [2.24, 2.45) is 10.9 Å². The van der Waals surface area contributed by atoms with E-state index in [1.165, 1.54) is 0 Å². The van der Waals surface area contributed by atoms with Crippen LogP contribution in [0.1, 0.15) is 26.7 Å². The highest BCUT2D eigenvalue weighted by atomic mass is 35.5. The SMILES string of the molecule is CC1CC(CN2C(C(Cl)(Cl)[N+](=O)[O-])=NCCC2C)CO1. The molecule has 6 nitrogen and oxygen atoms in total. The number of amidine groups is 1. The number of rotatable bonds is 4. The summed E-state index contributed by atoms with van der Waals surface area (Å²) in [6.07, 6.45) is 2.01. The first-order valence-corrected chi connectivity index (χ1v) is 7.53. The highest BCUT2D eigenvalue weighted by Gasteiger charge is 2.50. The maximum atomic E-state index is 11.1. The molecule has 0 aliphatic carbocycles. The summed E-state index contributed by atoms with van der Waals surface area (Å²) in [6.45, 7) is 5.85. The Balaban J connectivity index is 2.16. The van der Waals surface area contributed by atoms with Crippen LogP contribution in [0.15, 0.2) is 4.99 Å². The Morgan fingerprint density at radius 1 is 1.55 bits per heavy atom. The number of alkyl halides is 2. The Kier molecular flexibility index (Phi) is 4.76. The van der Waals surface area contributed by atoms with Gasteiger partial charge in [-0.3, -0.25) is 15.1 Å². The molecule has 2 rings (SSSR count). The molecular weight excluding hydrogens is 305 g/mol. The van der Waals surface area contributed by atoms with Crippen LogP contribution in [0.4, 0.5) is 0 Å². The van der Waals surface area contributed by atoms with E-state index in [9.17, 15) is 10.1 Å². The minimum absolute atomic E-state index is 0.134. The fourth-order valence-corrected chi connectivity index (χ4v) is 3.08. The van der Waals surface area contributed by atoms with Gasteiger partial charge >= 0.3 is 4.46 Å². The summed E-state index contributed by atoms with van der Waals surface area (Å²) in [7, 11) is 0. The van der Waals surface area contributed by atoms with E-state index in [1.807, 2.05) is 18.7 Å². The second kappa shape index (κ2) is 6.03. The molecular formula is C12H19Cl2N3O3. The van der Waals surface area contributed by atoms with Crippen molar-refractivity contribution in [1.82, 2.24) is 4.90 Å². The van der Waals surface area contributed by atoms with Crippen LogP contribution in [0.3, 0.4) is 0 Å². The molecule has 1 fully saturated rings. The Bertz CT molecular complexity index is 417. The minimum atomic E-state index is -2.18. The third kappa shape index (κ3) is 3.18. The smallest absolute Gasteiger partial charge is 0.378 e. The molecule has 3 unspecified atom stereocenters. The van der Waals surface area contributed by atoms with Gasteiger partial charge in [-0.25, -0.2) is 0 Å². The van der Waals surface area contributed by atoms with Crippen LogP contribution in [0.2, 0.25) is 0 Å². The normalized spacial score (nSPS) is 31.3. The minimum Gasteiger partial charge on any atom is -0.378 e. The van der Waals surface area contributed by atoms with Crippen LogP contribution < -0.4 is 0 Å². The Morgan fingerprint density at radius 2 is 2.25 bits per heavy atom. The lowest BCUT2D eigenvalue weighted by atomic mass is 10.0. The molecule has 2 aliphatic rings. The van der Waals surface area contributed by atoms with Gasteiger partial charge in [0.2, 0.25) is 5.84 Å². The van der Waals surface area contributed by atoms with Crippen molar-refractivity contribution in [2.75, 3.05) is 19.7 Å². The van der Waals surface area contributed by atoms with Gasteiger partial charge in [-0.15, -0.1) is 0 Å². The number of halogens is 2. The Hall–Kier alpha value is -0.590. The quantitative estimate of drug-likeness (QED) is 0.344. The molecule has 2 aliphatic heterocycles. The van der Waals surface area contributed by atoms with Crippen LogP contribution >= 0.6 is 23.2 Å². The summed E-state index contributed by atoms with van der Waals surface area (Å²) in [5.41, 5.74) is 0. The summed E-state index contributed by atoms with van der Waals surface area (Å²) in [6, 6.07) is 0.134. The topological polar surface area (TPSA) is 68.0 Å². The van der Waals surface area contributed by atoms with Crippen molar-refractivity contribution in [1.29, 1.82) is 0 Å². The fraction of sp³-hybridized carbons (Fsp3) is 0.917. The lowest BCUT2D eigenvalue weighted by Gasteiger charge is -2.37. The van der Waals surface area contributed by atoms with Gasteiger partial charge in [0.1, 0.15) is 0 Å². The molecule has 1 saturated heterocycles. The Labute approximate surface area is 128 Å². The number of nitro groups is 1. The van der Waals surface area contributed by atoms with E-state index >= 15 is 0 Å². The molecule has 0 aromatic carbocycles. The summed E-state index contributed by atoms with van der Waals surface area (Å²) in [5, 5.41) is 11.1. The fourth-order valence-electron chi connectivity index (χ4n) is 2.74. The maximum Gasteiger partial charge on any atom is 0.428 e. The lowest BCUT2D eigenvalue weighted by molar-refractivity contribution is -0.498. The number of aliphatic imine (C=N–C) groups is 1. The van der Waals surface area contributed by atoms with Crippen molar-refractivity contribution < 1.29 is 9.66 Å². The van der Waals surface area contributed by atoms with E-state index in [2.05, 4.69) is 4.99 Å². The average molecular weight is 324 g/mol. The van der Waals surface area contributed by atoms with Crippen molar-refractivity contribution in [3.05, 3.63) is 10.1 Å². The van der Waals surface area contributed by atoms with E-state index < -0.39 is 9.38 Å². The van der Waals surface area contributed by atoms with Crippen LogP contribution in [0, 0.1) is 16.0 Å². The van der Waals surface area contributed by atoms with E-state index in [0.717, 1.165) is 12.8 Å². The average Bonchev–Trinajstić information content (AvgIpc) is 2.77. The number of hydrogen-bond donors (Lipinski definition) is 0. The van der Waals surface area contributed by atoms with Crippen molar-refractivity contribution in [3.63, 3.8) is 0 Å². The zero-order chi connectivity index (χ0) is 14.9. The first-order valence-electron chi connectivity index (χ1n) is 6.77. The molecule has 114 valence electrons. The standard InChI is InChI=1S/C12H19Cl2N3O3/c1-8-3-4-15-11(12(13,14)17(18)19)16(8)6-10-5-9(2)20-7-10/h8-10H,3-7H2,1-2H3. The highest BCUT2D eigenvalue weighted by Crippen LogP contribution is 2.31. The zero-order valence-electron chi connectivity index (χ0n) is 11.6. The van der Waals surface area contributed by atoms with Gasteiger partial charge in [-0.2, -0.15) is 0 Å². The molecule has 2 heterocycles. The summed E-state index contributed by atoms with van der Waals surface area (Å²) in [4.78, 5) is 16.5. The third-order valence-electron chi connectivity index (χ3n) is 3.85. The summed E-state index contributed by atoms with van der Waals surface area (Å²) in [5.74, 6) is 0.482. The molecule has 20 heavy (non-hydrogen) atoms. The van der Waals surface area contributed by atoms with Crippen LogP contribution in [0.25, 0.3) is 0 Å². The molecule has 0 aromatic rings. The molecule has 0 bridgehead atoms. The van der Waals surface area contributed by atoms with Gasteiger partial charge in [-0.1, -0.05) is 0 Å². The first kappa shape index (κ1) is 15.8. The highest BCUT2D eigenvalue weighted by molar-refractivity contribution is 6.57. The predicted molar refractivity (Wildman–Crippen MR) is 78.0 cm³/mol. The molecule has 0 radical (unpaired) electrons. The predicted octanol–water partition coefficient (Wildman–Crippen LogP) is 2.31. The van der Waals surface area contributed by atoms with Crippen molar-refractivity contribution >= 4 is 29.0 Å². The van der Waals surface area contributed by atoms with E-state index in [0.29, 0.717) is 25.6 Å². The second-order valence-electron chi connectivity index (χ2n) is 5.54. The Morgan fingerprint density at radius 3 is 2.80 bits per heavy atom. The number of hydrogen-bond acceptors (Lipinski definition) is 5. The number of nitrogens with zero attached hydrogens (tertiary/aromatic N) is 3. The molecule has 8 heteroatoms. The van der Waals surface area contributed by atoms with Gasteiger partial charge in [0, 0.05) is 25.0 Å². The largest absolute Gasteiger partial charge is 0.428 e. The van der Waals surface area contributed by atoms with E-state index in [-0.39, 0.29) is 18.0 Å². The lowest BCUT2D eigenvalue weighted by Crippen LogP contribution is -2.54. The van der Waals surface area contributed by atoms with Crippen LogP contribution in [0.5, 0.6) is 0 Å². The van der Waals surface area contributed by atoms with Gasteiger partial charge in [-0.05, 0) is 49.9 Å². The van der Waals surface area contributed by atoms with E-state index in [1.54, 1.807) is 0 Å². The molecule has 0 aromatic heterocycles. The van der Waals surface area contributed by atoms with Gasteiger partial charge in [0.05, 0.1) is 17.6 Å². The second-order valence-corrected chi connectivity index (χ2v) is 6.83. The molecule has 0 N–H and O–H groups in total. The van der Waals surface area contributed by atoms with Crippen molar-refractivity contribution in [3.8, 4) is 0 Å². The third-order valence-corrected chi connectivity index (χ3v) is 4.46. The summed E-state index contributed by atoms with van der Waals surface area (Å²) >= 11 is 11.8.